The molecule has 0 fully saturated rings. The molecule has 0 amide bonds. The minimum atomic E-state index is 1.19. The molecule has 1 aromatic rings. The average Bonchev–Trinajstić information content (AvgIpc) is 2.19. The third kappa shape index (κ3) is 2.75. The third-order valence-electron chi connectivity index (χ3n) is 1.75. The van der Waals surface area contributed by atoms with Gasteiger partial charge in [0.2, 0.25) is 0 Å². The number of rotatable bonds is 3. The van der Waals surface area contributed by atoms with E-state index in [2.05, 4.69) is 24.8 Å². The van der Waals surface area contributed by atoms with Crippen LogP contribution in [0.25, 0.3) is 5.57 Å². The van der Waals surface area contributed by atoms with Crippen LogP contribution in [0.3, 0.4) is 0 Å². The fourth-order valence-corrected chi connectivity index (χ4v) is 1.19. The van der Waals surface area contributed by atoms with Crippen molar-refractivity contribution in [2.45, 2.75) is 6.92 Å². The zero-order valence-corrected chi connectivity index (χ0v) is 7.90. The zero-order valence-electron chi connectivity index (χ0n) is 7.90. The highest BCUT2D eigenvalue weighted by atomic mass is 14.0. The van der Waals surface area contributed by atoms with Gasteiger partial charge in [-0.3, -0.25) is 0 Å². The van der Waals surface area contributed by atoms with E-state index in [9.17, 15) is 0 Å². The van der Waals surface area contributed by atoms with E-state index in [1.807, 2.05) is 43.4 Å². The van der Waals surface area contributed by atoms with Crippen LogP contribution in [0.2, 0.25) is 0 Å². The van der Waals surface area contributed by atoms with Crippen molar-refractivity contribution in [2.24, 2.45) is 0 Å². The summed E-state index contributed by atoms with van der Waals surface area (Å²) in [5, 5.41) is 0. The first-order valence-electron chi connectivity index (χ1n) is 4.39. The molecule has 13 heavy (non-hydrogen) atoms. The monoisotopic (exact) mass is 170 g/mol. The molecule has 0 aliphatic carbocycles. The molecule has 0 heterocycles. The lowest BCUT2D eigenvalue weighted by Gasteiger charge is -1.99. The summed E-state index contributed by atoms with van der Waals surface area (Å²) in [5.41, 5.74) is 2.42. The molecule has 0 spiro atoms. The number of hydrogen-bond donors (Lipinski definition) is 0. The molecule has 66 valence electrons. The standard InChI is InChI=1S/C13H14/c1-3-8-12(9-4-2)13-10-6-5-7-11-13/h3-11H,1H2,2H3/b9-4+,12-8-. The molecule has 0 saturated heterocycles. The van der Waals surface area contributed by atoms with E-state index in [0.717, 1.165) is 0 Å². The number of benzene rings is 1. The summed E-state index contributed by atoms with van der Waals surface area (Å²) in [6.45, 7) is 5.71. The van der Waals surface area contributed by atoms with Crippen LogP contribution in [0.4, 0.5) is 0 Å². The fourth-order valence-electron chi connectivity index (χ4n) is 1.19. The summed E-state index contributed by atoms with van der Waals surface area (Å²) in [7, 11) is 0. The molecule has 0 aliphatic heterocycles. The molecular formula is C13H14. The van der Waals surface area contributed by atoms with E-state index < -0.39 is 0 Å². The highest BCUT2D eigenvalue weighted by Gasteiger charge is 1.93. The van der Waals surface area contributed by atoms with Gasteiger partial charge in [0.15, 0.2) is 0 Å². The maximum Gasteiger partial charge on any atom is -0.0184 e. The van der Waals surface area contributed by atoms with Gasteiger partial charge < -0.3 is 0 Å². The highest BCUT2D eigenvalue weighted by molar-refractivity contribution is 5.74. The van der Waals surface area contributed by atoms with E-state index in [0.29, 0.717) is 0 Å². The quantitative estimate of drug-likeness (QED) is 0.605. The van der Waals surface area contributed by atoms with Crippen molar-refractivity contribution in [3.63, 3.8) is 0 Å². The van der Waals surface area contributed by atoms with Crippen molar-refractivity contribution in [1.29, 1.82) is 0 Å². The van der Waals surface area contributed by atoms with Gasteiger partial charge in [0.05, 0.1) is 0 Å². The predicted octanol–water partition coefficient (Wildman–Crippen LogP) is 3.83. The average molecular weight is 170 g/mol. The van der Waals surface area contributed by atoms with Crippen LogP contribution in [0.5, 0.6) is 0 Å². The molecular weight excluding hydrogens is 156 g/mol. The minimum absolute atomic E-state index is 1.19. The summed E-state index contributed by atoms with van der Waals surface area (Å²) < 4.78 is 0. The summed E-state index contributed by atoms with van der Waals surface area (Å²) in [5.74, 6) is 0. The van der Waals surface area contributed by atoms with E-state index in [1.54, 1.807) is 0 Å². The van der Waals surface area contributed by atoms with Crippen LogP contribution in [-0.4, -0.2) is 0 Å². The van der Waals surface area contributed by atoms with Crippen molar-refractivity contribution >= 4 is 5.57 Å². The maximum atomic E-state index is 3.70. The second-order valence-corrected chi connectivity index (χ2v) is 2.72. The van der Waals surface area contributed by atoms with Crippen LogP contribution in [0, 0.1) is 0 Å². The van der Waals surface area contributed by atoms with Crippen LogP contribution in [-0.2, 0) is 0 Å². The van der Waals surface area contributed by atoms with Gasteiger partial charge in [0.25, 0.3) is 0 Å². The summed E-state index contributed by atoms with van der Waals surface area (Å²) in [6.07, 6.45) is 7.93. The molecule has 0 N–H and O–H groups in total. The lowest BCUT2D eigenvalue weighted by atomic mass is 10.1. The second-order valence-electron chi connectivity index (χ2n) is 2.72. The topological polar surface area (TPSA) is 0 Å². The Bertz CT molecular complexity index is 315. The molecule has 1 rings (SSSR count). The van der Waals surface area contributed by atoms with Gasteiger partial charge in [-0.2, -0.15) is 0 Å². The first-order valence-corrected chi connectivity index (χ1v) is 4.39. The number of hydrogen-bond acceptors (Lipinski definition) is 0. The second kappa shape index (κ2) is 5.15. The van der Waals surface area contributed by atoms with Crippen molar-refractivity contribution in [1.82, 2.24) is 0 Å². The normalized spacial score (nSPS) is 11.9. The molecule has 0 nitrogen and oxygen atoms in total. The minimum Gasteiger partial charge on any atom is -0.0990 e. The maximum absolute atomic E-state index is 3.70. The molecule has 0 aliphatic rings. The fraction of sp³-hybridized carbons (Fsp3) is 0.0769. The Labute approximate surface area is 79.9 Å². The summed E-state index contributed by atoms with van der Waals surface area (Å²) >= 11 is 0. The Balaban J connectivity index is 3.03. The van der Waals surface area contributed by atoms with Crippen molar-refractivity contribution in [3.05, 3.63) is 66.8 Å². The number of allylic oxidation sites excluding steroid dienone is 5. The first-order chi connectivity index (χ1) is 6.38. The largest absolute Gasteiger partial charge is 0.0990 e. The van der Waals surface area contributed by atoms with Gasteiger partial charge in [-0.1, -0.05) is 61.2 Å². The molecule has 0 radical (unpaired) electrons. The predicted molar refractivity (Wildman–Crippen MR) is 59.4 cm³/mol. The molecule has 0 unspecified atom stereocenters. The van der Waals surface area contributed by atoms with Crippen LogP contribution < -0.4 is 0 Å². The van der Waals surface area contributed by atoms with Crippen molar-refractivity contribution < 1.29 is 0 Å². The molecule has 0 bridgehead atoms. The zero-order chi connectivity index (χ0) is 9.52. The Morgan fingerprint density at radius 3 is 2.46 bits per heavy atom. The first kappa shape index (κ1) is 9.53. The molecule has 0 saturated carbocycles. The van der Waals surface area contributed by atoms with Crippen LogP contribution in [0.1, 0.15) is 12.5 Å². The van der Waals surface area contributed by atoms with Crippen molar-refractivity contribution in [3.8, 4) is 0 Å². The van der Waals surface area contributed by atoms with Gasteiger partial charge in [-0.15, -0.1) is 0 Å². The molecule has 1 aromatic carbocycles. The lowest BCUT2D eigenvalue weighted by molar-refractivity contribution is 1.61. The smallest absolute Gasteiger partial charge is 0.0184 e. The Morgan fingerprint density at radius 2 is 1.92 bits per heavy atom. The van der Waals surface area contributed by atoms with Gasteiger partial charge in [-0.05, 0) is 18.1 Å². The molecule has 0 aromatic heterocycles. The highest BCUT2D eigenvalue weighted by Crippen LogP contribution is 2.15. The van der Waals surface area contributed by atoms with Gasteiger partial charge in [-0.25, -0.2) is 0 Å². The van der Waals surface area contributed by atoms with E-state index in [1.165, 1.54) is 11.1 Å². The Hall–Kier alpha value is -1.56. The Kier molecular flexibility index (Phi) is 3.77. The SMILES string of the molecule is C=C/C=C(/C=C/C)c1ccccc1. The van der Waals surface area contributed by atoms with Crippen LogP contribution >= 0.6 is 0 Å². The van der Waals surface area contributed by atoms with Crippen molar-refractivity contribution in [2.75, 3.05) is 0 Å². The van der Waals surface area contributed by atoms with E-state index >= 15 is 0 Å². The van der Waals surface area contributed by atoms with Gasteiger partial charge >= 0.3 is 0 Å². The van der Waals surface area contributed by atoms with Gasteiger partial charge in [0, 0.05) is 0 Å². The van der Waals surface area contributed by atoms with Crippen LogP contribution in [0.15, 0.2) is 61.2 Å². The molecule has 0 atom stereocenters. The summed E-state index contributed by atoms with van der Waals surface area (Å²) in [4.78, 5) is 0. The lowest BCUT2D eigenvalue weighted by Crippen LogP contribution is -1.78. The Morgan fingerprint density at radius 1 is 1.23 bits per heavy atom. The molecule has 0 heteroatoms. The van der Waals surface area contributed by atoms with Gasteiger partial charge in [0.1, 0.15) is 0 Å². The third-order valence-corrected chi connectivity index (χ3v) is 1.75. The van der Waals surface area contributed by atoms with E-state index in [4.69, 9.17) is 0 Å². The van der Waals surface area contributed by atoms with E-state index in [-0.39, 0.29) is 0 Å². The summed E-state index contributed by atoms with van der Waals surface area (Å²) in [6, 6.07) is 10.3.